The predicted molar refractivity (Wildman–Crippen MR) is 91.5 cm³/mol. The maximum Gasteiger partial charge on any atom is 0.203 e. The van der Waals surface area contributed by atoms with Crippen molar-refractivity contribution in [1.29, 1.82) is 5.26 Å². The summed E-state index contributed by atoms with van der Waals surface area (Å²) in [5, 5.41) is 19.2. The Morgan fingerprint density at radius 1 is 1.35 bits per heavy atom. The Bertz CT molecular complexity index is 835. The van der Waals surface area contributed by atoms with Gasteiger partial charge < -0.3 is 9.84 Å². The highest BCUT2D eigenvalue weighted by molar-refractivity contribution is 9.10. The van der Waals surface area contributed by atoms with Crippen LogP contribution in [-0.2, 0) is 0 Å². The molecule has 2 aromatic carbocycles. The number of phenols is 1. The average Bonchev–Trinajstić information content (AvgIpc) is 2.54. The summed E-state index contributed by atoms with van der Waals surface area (Å²) >= 11 is 3.34. The van der Waals surface area contributed by atoms with Crippen molar-refractivity contribution in [2.45, 2.75) is 6.92 Å². The van der Waals surface area contributed by atoms with Crippen LogP contribution in [0.3, 0.4) is 0 Å². The number of carbonyl (C=O) groups is 1. The van der Waals surface area contributed by atoms with Crippen LogP contribution in [-0.4, -0.2) is 18.0 Å². The van der Waals surface area contributed by atoms with Crippen LogP contribution in [0.4, 0.5) is 0 Å². The molecule has 0 aliphatic carbocycles. The number of aryl methyl sites for hydroxylation is 1. The largest absolute Gasteiger partial charge is 0.504 e. The zero-order valence-electron chi connectivity index (χ0n) is 12.6. The summed E-state index contributed by atoms with van der Waals surface area (Å²) in [6, 6.07) is 12.0. The highest BCUT2D eigenvalue weighted by atomic mass is 79.9. The number of nitriles is 1. The van der Waals surface area contributed by atoms with Crippen LogP contribution in [0.2, 0.25) is 0 Å². The van der Waals surface area contributed by atoms with E-state index in [0.29, 0.717) is 21.3 Å². The summed E-state index contributed by atoms with van der Waals surface area (Å²) in [4.78, 5) is 12.5. The van der Waals surface area contributed by atoms with Gasteiger partial charge >= 0.3 is 0 Å². The maximum absolute atomic E-state index is 12.5. The van der Waals surface area contributed by atoms with E-state index in [4.69, 9.17) is 4.74 Å². The molecule has 0 saturated heterocycles. The second kappa shape index (κ2) is 7.12. The third kappa shape index (κ3) is 3.79. The minimum Gasteiger partial charge on any atom is -0.504 e. The molecule has 23 heavy (non-hydrogen) atoms. The third-order valence-corrected chi connectivity index (χ3v) is 3.93. The lowest BCUT2D eigenvalue weighted by Gasteiger charge is -2.07. The van der Waals surface area contributed by atoms with Crippen molar-refractivity contribution in [2.24, 2.45) is 0 Å². The lowest BCUT2D eigenvalue weighted by molar-refractivity contribution is 0.104. The second-order valence-electron chi connectivity index (χ2n) is 4.91. The van der Waals surface area contributed by atoms with Crippen molar-refractivity contribution in [3.05, 3.63) is 63.1 Å². The van der Waals surface area contributed by atoms with E-state index in [-0.39, 0.29) is 17.1 Å². The Labute approximate surface area is 142 Å². The third-order valence-electron chi connectivity index (χ3n) is 3.24. The zero-order valence-corrected chi connectivity index (χ0v) is 14.2. The molecule has 0 radical (unpaired) electrons. The molecular formula is C18H14BrNO3. The summed E-state index contributed by atoms with van der Waals surface area (Å²) in [5.41, 5.74) is 1.89. The molecule has 0 atom stereocenters. The predicted octanol–water partition coefficient (Wildman–Crippen LogP) is 4.26. The number of phenolic OH excluding ortho intramolecular Hbond substituents is 1. The Morgan fingerprint density at radius 3 is 2.70 bits per heavy atom. The highest BCUT2D eigenvalue weighted by Crippen LogP contribution is 2.33. The molecule has 1 N–H and O–H groups in total. The van der Waals surface area contributed by atoms with Gasteiger partial charge in [0.25, 0.3) is 0 Å². The van der Waals surface area contributed by atoms with Crippen molar-refractivity contribution in [3.63, 3.8) is 0 Å². The average molecular weight is 372 g/mol. The van der Waals surface area contributed by atoms with E-state index >= 15 is 0 Å². The first-order chi connectivity index (χ1) is 11.0. The number of Topliss-reactive ketones (excluding diaryl/α,β-unsaturated/α-hetero) is 1. The van der Waals surface area contributed by atoms with E-state index < -0.39 is 0 Å². The van der Waals surface area contributed by atoms with Gasteiger partial charge in [0.1, 0.15) is 11.6 Å². The van der Waals surface area contributed by atoms with E-state index in [1.165, 1.54) is 19.3 Å². The Kier molecular flexibility index (Phi) is 5.20. The van der Waals surface area contributed by atoms with Gasteiger partial charge in [-0.25, -0.2) is 0 Å². The fraction of sp³-hybridized carbons (Fsp3) is 0.111. The molecule has 0 aliphatic heterocycles. The highest BCUT2D eigenvalue weighted by Gasteiger charge is 2.14. The number of rotatable bonds is 4. The van der Waals surface area contributed by atoms with Gasteiger partial charge in [0.05, 0.1) is 7.11 Å². The fourth-order valence-corrected chi connectivity index (χ4v) is 2.52. The zero-order chi connectivity index (χ0) is 17.0. The fourth-order valence-electron chi connectivity index (χ4n) is 2.08. The van der Waals surface area contributed by atoms with Crippen molar-refractivity contribution in [3.8, 4) is 17.6 Å². The summed E-state index contributed by atoms with van der Waals surface area (Å²) in [6.07, 6.45) is 1.44. The van der Waals surface area contributed by atoms with Gasteiger partial charge in [0, 0.05) is 10.0 Å². The number of ether oxygens (including phenoxy) is 1. The molecule has 0 fully saturated rings. The molecule has 0 saturated carbocycles. The molecule has 2 aromatic rings. The molecule has 0 aliphatic rings. The summed E-state index contributed by atoms with van der Waals surface area (Å²) in [5.74, 6) is -0.127. The summed E-state index contributed by atoms with van der Waals surface area (Å²) in [6.45, 7) is 1.88. The van der Waals surface area contributed by atoms with Gasteiger partial charge in [0.2, 0.25) is 5.78 Å². The molecule has 4 nitrogen and oxygen atoms in total. The Balaban J connectivity index is 2.46. The molecule has 0 bridgehead atoms. The molecule has 116 valence electrons. The second-order valence-corrected chi connectivity index (χ2v) is 5.77. The molecule has 0 unspecified atom stereocenters. The molecule has 0 aromatic heterocycles. The van der Waals surface area contributed by atoms with Crippen molar-refractivity contribution in [1.82, 2.24) is 0 Å². The van der Waals surface area contributed by atoms with Gasteiger partial charge in [-0.3, -0.25) is 4.79 Å². The normalized spacial score (nSPS) is 11.0. The summed E-state index contributed by atoms with van der Waals surface area (Å²) in [7, 11) is 1.44. The van der Waals surface area contributed by atoms with Crippen molar-refractivity contribution < 1.29 is 14.6 Å². The van der Waals surface area contributed by atoms with Crippen LogP contribution < -0.4 is 4.74 Å². The first kappa shape index (κ1) is 16.8. The number of benzene rings is 2. The molecule has 5 heteroatoms. The maximum atomic E-state index is 12.5. The van der Waals surface area contributed by atoms with Crippen molar-refractivity contribution in [2.75, 3.05) is 7.11 Å². The molecule has 2 rings (SSSR count). The number of carbonyl (C=O) groups excluding carboxylic acids is 1. The first-order valence-electron chi connectivity index (χ1n) is 6.76. The number of methoxy groups -OCH3 is 1. The number of hydrogen-bond acceptors (Lipinski definition) is 4. The van der Waals surface area contributed by atoms with Crippen LogP contribution in [0.25, 0.3) is 6.08 Å². The van der Waals surface area contributed by atoms with E-state index in [9.17, 15) is 15.2 Å². The van der Waals surface area contributed by atoms with E-state index in [1.807, 2.05) is 19.1 Å². The number of allylic oxidation sites excluding steroid dienone is 1. The van der Waals surface area contributed by atoms with E-state index in [2.05, 4.69) is 15.9 Å². The van der Waals surface area contributed by atoms with Gasteiger partial charge in [0.15, 0.2) is 11.5 Å². The number of ketones is 1. The minimum atomic E-state index is -0.363. The van der Waals surface area contributed by atoms with Crippen LogP contribution in [0.15, 0.2) is 46.4 Å². The molecule has 0 spiro atoms. The standard InChI is InChI=1S/C18H14BrNO3/c1-11-4-3-5-12(6-11)18(22)14(10-20)7-13-8-16(21)17(23-2)9-15(13)19/h3-9,21H,1-2H3/b14-7+. The van der Waals surface area contributed by atoms with E-state index in [1.54, 1.807) is 24.3 Å². The minimum absolute atomic E-state index is 0.0131. The molecule has 0 amide bonds. The first-order valence-corrected chi connectivity index (χ1v) is 7.55. The van der Waals surface area contributed by atoms with Crippen LogP contribution in [0, 0.1) is 18.3 Å². The number of aromatic hydroxyl groups is 1. The number of halogens is 1. The van der Waals surface area contributed by atoms with Gasteiger partial charge in [-0.15, -0.1) is 0 Å². The molecule has 0 heterocycles. The SMILES string of the molecule is COc1cc(Br)c(/C=C(\C#N)C(=O)c2cccc(C)c2)cc1O. The Hall–Kier alpha value is -2.58. The van der Waals surface area contributed by atoms with Gasteiger partial charge in [-0.05, 0) is 36.8 Å². The van der Waals surface area contributed by atoms with Crippen LogP contribution >= 0.6 is 15.9 Å². The molecular weight excluding hydrogens is 358 g/mol. The van der Waals surface area contributed by atoms with Gasteiger partial charge in [-0.1, -0.05) is 39.7 Å². The quantitative estimate of drug-likeness (QED) is 0.495. The number of nitrogens with zero attached hydrogens (tertiary/aromatic N) is 1. The Morgan fingerprint density at radius 2 is 2.09 bits per heavy atom. The lowest BCUT2D eigenvalue weighted by atomic mass is 10.0. The van der Waals surface area contributed by atoms with Crippen molar-refractivity contribution >= 4 is 27.8 Å². The smallest absolute Gasteiger partial charge is 0.203 e. The lowest BCUT2D eigenvalue weighted by Crippen LogP contribution is -2.02. The monoisotopic (exact) mass is 371 g/mol. The summed E-state index contributed by atoms with van der Waals surface area (Å²) < 4.78 is 5.62. The number of hydrogen-bond donors (Lipinski definition) is 1. The van der Waals surface area contributed by atoms with Crippen LogP contribution in [0.1, 0.15) is 21.5 Å². The topological polar surface area (TPSA) is 70.3 Å². The van der Waals surface area contributed by atoms with Gasteiger partial charge in [-0.2, -0.15) is 5.26 Å². The van der Waals surface area contributed by atoms with E-state index in [0.717, 1.165) is 5.56 Å². The van der Waals surface area contributed by atoms with Crippen LogP contribution in [0.5, 0.6) is 11.5 Å².